The second-order valence-electron chi connectivity index (χ2n) is 5.98. The summed E-state index contributed by atoms with van der Waals surface area (Å²) in [4.78, 5) is 2.65. The molecule has 0 radical (unpaired) electrons. The first kappa shape index (κ1) is 14.5. The topological polar surface area (TPSA) is 15.3 Å². The lowest BCUT2D eigenvalue weighted by Gasteiger charge is -2.39. The van der Waals surface area contributed by atoms with Crippen LogP contribution >= 0.6 is 0 Å². The molecule has 2 rings (SSSR count). The fraction of sp³-hybridized carbons (Fsp3) is 0.647. The molecule has 1 heterocycles. The van der Waals surface area contributed by atoms with Crippen molar-refractivity contribution in [3.63, 3.8) is 0 Å². The lowest BCUT2D eigenvalue weighted by atomic mass is 9.95. The molecule has 2 heteroatoms. The van der Waals surface area contributed by atoms with Gasteiger partial charge in [0.15, 0.2) is 0 Å². The smallest absolute Gasteiger partial charge is 0.0221 e. The highest BCUT2D eigenvalue weighted by Crippen LogP contribution is 2.16. The van der Waals surface area contributed by atoms with Gasteiger partial charge in [-0.2, -0.15) is 0 Å². The predicted molar refractivity (Wildman–Crippen MR) is 82.4 cm³/mol. The minimum atomic E-state index is 0.635. The lowest BCUT2D eigenvalue weighted by Crippen LogP contribution is -2.55. The van der Waals surface area contributed by atoms with Gasteiger partial charge in [-0.25, -0.2) is 0 Å². The summed E-state index contributed by atoms with van der Waals surface area (Å²) in [5.41, 5.74) is 1.45. The second kappa shape index (κ2) is 7.06. The summed E-state index contributed by atoms with van der Waals surface area (Å²) in [5, 5.41) is 3.68. The Morgan fingerprint density at radius 2 is 2.00 bits per heavy atom. The lowest BCUT2D eigenvalue weighted by molar-refractivity contribution is 0.129. The van der Waals surface area contributed by atoms with E-state index in [1.54, 1.807) is 0 Å². The van der Waals surface area contributed by atoms with E-state index < -0.39 is 0 Å². The van der Waals surface area contributed by atoms with Crippen LogP contribution in [0.15, 0.2) is 30.3 Å². The Bertz CT molecular complexity index is 363. The average Bonchev–Trinajstić information content (AvgIpc) is 2.47. The van der Waals surface area contributed by atoms with E-state index in [0.29, 0.717) is 12.1 Å². The third-order valence-electron chi connectivity index (χ3n) is 4.56. The molecule has 106 valence electrons. The van der Waals surface area contributed by atoms with Crippen LogP contribution in [0.1, 0.15) is 32.8 Å². The van der Waals surface area contributed by atoms with Gasteiger partial charge in [0.25, 0.3) is 0 Å². The van der Waals surface area contributed by atoms with Gasteiger partial charge in [-0.15, -0.1) is 0 Å². The van der Waals surface area contributed by atoms with E-state index in [-0.39, 0.29) is 0 Å². The van der Waals surface area contributed by atoms with Crippen LogP contribution < -0.4 is 5.32 Å². The van der Waals surface area contributed by atoms with Gasteiger partial charge < -0.3 is 5.32 Å². The normalized spacial score (nSPS) is 24.1. The molecule has 0 saturated carbocycles. The number of piperazine rings is 1. The van der Waals surface area contributed by atoms with Gasteiger partial charge in [0.2, 0.25) is 0 Å². The summed E-state index contributed by atoms with van der Waals surface area (Å²) in [6.45, 7) is 10.5. The highest BCUT2D eigenvalue weighted by molar-refractivity contribution is 5.15. The molecule has 1 aromatic rings. The Labute approximate surface area is 118 Å². The number of nitrogens with one attached hydrogen (secondary N) is 1. The van der Waals surface area contributed by atoms with Crippen molar-refractivity contribution in [3.8, 4) is 0 Å². The minimum Gasteiger partial charge on any atom is -0.311 e. The molecular formula is C17H28N2. The Kier molecular flexibility index (Phi) is 5.41. The van der Waals surface area contributed by atoms with Crippen LogP contribution in [-0.2, 0) is 6.42 Å². The van der Waals surface area contributed by atoms with Gasteiger partial charge >= 0.3 is 0 Å². The summed E-state index contributed by atoms with van der Waals surface area (Å²) in [6, 6.07) is 12.2. The summed E-state index contributed by atoms with van der Waals surface area (Å²) in [7, 11) is 0. The predicted octanol–water partition coefficient (Wildman–Crippen LogP) is 2.94. The van der Waals surface area contributed by atoms with Crippen molar-refractivity contribution in [1.82, 2.24) is 10.2 Å². The highest BCUT2D eigenvalue weighted by atomic mass is 15.2. The van der Waals surface area contributed by atoms with Gasteiger partial charge in [0.1, 0.15) is 0 Å². The molecule has 1 fully saturated rings. The third-order valence-corrected chi connectivity index (χ3v) is 4.56. The summed E-state index contributed by atoms with van der Waals surface area (Å²) in [5.74, 6) is 0.770. The minimum absolute atomic E-state index is 0.635. The number of hydrogen-bond donors (Lipinski definition) is 1. The first-order valence-electron chi connectivity index (χ1n) is 7.72. The van der Waals surface area contributed by atoms with E-state index in [1.165, 1.54) is 25.1 Å². The fourth-order valence-corrected chi connectivity index (χ4v) is 2.95. The van der Waals surface area contributed by atoms with Crippen LogP contribution in [0.2, 0.25) is 0 Å². The van der Waals surface area contributed by atoms with Gasteiger partial charge in [-0.05, 0) is 24.8 Å². The zero-order valence-corrected chi connectivity index (χ0v) is 12.6. The molecule has 1 aromatic carbocycles. The van der Waals surface area contributed by atoms with Crippen LogP contribution in [0, 0.1) is 5.92 Å². The molecule has 3 atom stereocenters. The largest absolute Gasteiger partial charge is 0.311 e. The maximum Gasteiger partial charge on any atom is 0.0221 e. The second-order valence-corrected chi connectivity index (χ2v) is 5.98. The molecule has 0 aliphatic carbocycles. The van der Waals surface area contributed by atoms with Crippen molar-refractivity contribution in [3.05, 3.63) is 35.9 Å². The molecule has 0 aromatic heterocycles. The molecular weight excluding hydrogens is 232 g/mol. The number of benzene rings is 1. The number of hydrogen-bond acceptors (Lipinski definition) is 2. The van der Waals surface area contributed by atoms with Crippen molar-refractivity contribution in [2.45, 2.75) is 45.7 Å². The van der Waals surface area contributed by atoms with Crippen molar-refractivity contribution < 1.29 is 0 Å². The van der Waals surface area contributed by atoms with Crippen molar-refractivity contribution in [2.75, 3.05) is 19.6 Å². The monoisotopic (exact) mass is 260 g/mol. The van der Waals surface area contributed by atoms with E-state index in [2.05, 4.69) is 61.3 Å². The highest BCUT2D eigenvalue weighted by Gasteiger charge is 2.25. The Morgan fingerprint density at radius 3 is 2.68 bits per heavy atom. The van der Waals surface area contributed by atoms with Crippen molar-refractivity contribution >= 4 is 0 Å². The standard InChI is InChI=1S/C17H28N2/c1-4-14(2)17-13-19(11-10-18-17)15(3)12-16-8-6-5-7-9-16/h5-9,14-15,17-18H,4,10-13H2,1-3H3. The number of rotatable bonds is 5. The molecule has 19 heavy (non-hydrogen) atoms. The molecule has 0 bridgehead atoms. The first-order chi connectivity index (χ1) is 9.20. The van der Waals surface area contributed by atoms with Crippen molar-refractivity contribution in [1.29, 1.82) is 0 Å². The van der Waals surface area contributed by atoms with Crippen LogP contribution in [0.4, 0.5) is 0 Å². The Hall–Kier alpha value is -0.860. The Morgan fingerprint density at radius 1 is 1.26 bits per heavy atom. The summed E-state index contributed by atoms with van der Waals surface area (Å²) < 4.78 is 0. The molecule has 1 N–H and O–H groups in total. The Balaban J connectivity index is 1.90. The molecule has 1 aliphatic heterocycles. The molecule has 0 amide bonds. The maximum absolute atomic E-state index is 3.68. The van der Waals surface area contributed by atoms with E-state index in [1.807, 2.05) is 0 Å². The van der Waals surface area contributed by atoms with E-state index in [0.717, 1.165) is 18.9 Å². The zero-order valence-electron chi connectivity index (χ0n) is 12.6. The van der Waals surface area contributed by atoms with Crippen LogP contribution in [0.5, 0.6) is 0 Å². The van der Waals surface area contributed by atoms with E-state index in [9.17, 15) is 0 Å². The summed E-state index contributed by atoms with van der Waals surface area (Å²) in [6.07, 6.45) is 2.42. The van der Waals surface area contributed by atoms with Crippen LogP contribution in [-0.4, -0.2) is 36.6 Å². The zero-order chi connectivity index (χ0) is 13.7. The number of nitrogens with zero attached hydrogens (tertiary/aromatic N) is 1. The molecule has 3 unspecified atom stereocenters. The third kappa shape index (κ3) is 4.05. The van der Waals surface area contributed by atoms with Crippen molar-refractivity contribution in [2.24, 2.45) is 5.92 Å². The average molecular weight is 260 g/mol. The summed E-state index contributed by atoms with van der Waals surface area (Å²) >= 11 is 0. The SMILES string of the molecule is CCC(C)C1CN(C(C)Cc2ccccc2)CCN1. The molecule has 1 aliphatic rings. The molecule has 0 spiro atoms. The van der Waals surface area contributed by atoms with Crippen LogP contribution in [0.3, 0.4) is 0 Å². The van der Waals surface area contributed by atoms with Gasteiger partial charge in [-0.3, -0.25) is 4.90 Å². The van der Waals surface area contributed by atoms with Gasteiger partial charge in [0.05, 0.1) is 0 Å². The maximum atomic E-state index is 3.68. The van der Waals surface area contributed by atoms with E-state index in [4.69, 9.17) is 0 Å². The first-order valence-corrected chi connectivity index (χ1v) is 7.72. The quantitative estimate of drug-likeness (QED) is 0.875. The molecule has 2 nitrogen and oxygen atoms in total. The van der Waals surface area contributed by atoms with Gasteiger partial charge in [-0.1, -0.05) is 50.6 Å². The van der Waals surface area contributed by atoms with Crippen LogP contribution in [0.25, 0.3) is 0 Å². The fourth-order valence-electron chi connectivity index (χ4n) is 2.95. The molecule has 1 saturated heterocycles. The van der Waals surface area contributed by atoms with E-state index >= 15 is 0 Å². The van der Waals surface area contributed by atoms with Gasteiger partial charge in [0, 0.05) is 31.7 Å².